The standard InChI is InChI=1S/C15H16N6O/c1-2-11(15(22)20-10-6-4-3-5-7-10)21-14-12-13(17-8-16-12)18-9-19-14/h3-9,11H,2H2,1H3,(H,20,22)(H2,16,17,18,19,21). The number of para-hydroxylation sites is 1. The average Bonchev–Trinajstić information content (AvgIpc) is 3.02. The topological polar surface area (TPSA) is 95.6 Å². The van der Waals surface area contributed by atoms with Gasteiger partial charge in [0.15, 0.2) is 11.5 Å². The quantitative estimate of drug-likeness (QED) is 0.670. The van der Waals surface area contributed by atoms with E-state index < -0.39 is 6.04 Å². The molecular formula is C15H16N6O. The first-order chi connectivity index (χ1) is 10.8. The molecule has 0 spiro atoms. The van der Waals surface area contributed by atoms with Gasteiger partial charge < -0.3 is 15.6 Å². The molecule has 2 aromatic heterocycles. The Morgan fingerprint density at radius 3 is 2.82 bits per heavy atom. The van der Waals surface area contributed by atoms with Crippen LogP contribution >= 0.6 is 0 Å². The third-order valence-electron chi connectivity index (χ3n) is 3.30. The molecule has 0 aliphatic rings. The van der Waals surface area contributed by atoms with Gasteiger partial charge in [0.1, 0.15) is 17.9 Å². The van der Waals surface area contributed by atoms with E-state index in [1.807, 2.05) is 37.3 Å². The predicted molar refractivity (Wildman–Crippen MR) is 84.5 cm³/mol. The van der Waals surface area contributed by atoms with Crippen molar-refractivity contribution in [1.82, 2.24) is 19.9 Å². The Balaban J connectivity index is 1.77. The van der Waals surface area contributed by atoms with Gasteiger partial charge in [-0.1, -0.05) is 25.1 Å². The zero-order valence-electron chi connectivity index (χ0n) is 12.1. The van der Waals surface area contributed by atoms with Crippen molar-refractivity contribution >= 4 is 28.6 Å². The number of H-pyrrole nitrogens is 1. The summed E-state index contributed by atoms with van der Waals surface area (Å²) in [6, 6.07) is 8.96. The maximum atomic E-state index is 12.4. The lowest BCUT2D eigenvalue weighted by Gasteiger charge is -2.17. The van der Waals surface area contributed by atoms with E-state index in [0.717, 1.165) is 5.69 Å². The van der Waals surface area contributed by atoms with E-state index >= 15 is 0 Å². The first-order valence-electron chi connectivity index (χ1n) is 7.04. The third-order valence-corrected chi connectivity index (χ3v) is 3.30. The molecule has 7 heteroatoms. The lowest BCUT2D eigenvalue weighted by molar-refractivity contribution is -0.117. The first-order valence-corrected chi connectivity index (χ1v) is 7.04. The molecule has 0 saturated heterocycles. The molecular weight excluding hydrogens is 280 g/mol. The van der Waals surface area contributed by atoms with Crippen LogP contribution in [0.3, 0.4) is 0 Å². The number of carbonyl (C=O) groups is 1. The number of rotatable bonds is 5. The fourth-order valence-corrected chi connectivity index (χ4v) is 2.14. The van der Waals surface area contributed by atoms with Crippen molar-refractivity contribution in [2.45, 2.75) is 19.4 Å². The molecule has 1 amide bonds. The maximum Gasteiger partial charge on any atom is 0.246 e. The minimum atomic E-state index is -0.401. The molecule has 1 unspecified atom stereocenters. The van der Waals surface area contributed by atoms with Crippen molar-refractivity contribution in [2.75, 3.05) is 10.6 Å². The van der Waals surface area contributed by atoms with Crippen LogP contribution in [0.25, 0.3) is 11.2 Å². The Kier molecular flexibility index (Phi) is 3.95. The number of benzene rings is 1. The summed E-state index contributed by atoms with van der Waals surface area (Å²) in [7, 11) is 0. The van der Waals surface area contributed by atoms with Gasteiger partial charge in [0, 0.05) is 5.69 Å². The van der Waals surface area contributed by atoms with Crippen molar-refractivity contribution in [3.05, 3.63) is 43.0 Å². The highest BCUT2D eigenvalue weighted by atomic mass is 16.2. The van der Waals surface area contributed by atoms with E-state index in [1.54, 1.807) is 6.33 Å². The Labute approximate surface area is 127 Å². The highest BCUT2D eigenvalue weighted by Gasteiger charge is 2.18. The van der Waals surface area contributed by atoms with E-state index in [4.69, 9.17) is 0 Å². The van der Waals surface area contributed by atoms with E-state index in [1.165, 1.54) is 6.33 Å². The van der Waals surface area contributed by atoms with Crippen LogP contribution in [-0.2, 0) is 4.79 Å². The summed E-state index contributed by atoms with van der Waals surface area (Å²) in [5, 5.41) is 6.03. The molecule has 0 radical (unpaired) electrons. The van der Waals surface area contributed by atoms with Gasteiger partial charge in [0.25, 0.3) is 0 Å². The molecule has 0 aliphatic heterocycles. The highest BCUT2D eigenvalue weighted by molar-refractivity contribution is 5.97. The maximum absolute atomic E-state index is 12.4. The number of hydrogen-bond acceptors (Lipinski definition) is 5. The van der Waals surface area contributed by atoms with Crippen LogP contribution in [0.15, 0.2) is 43.0 Å². The molecule has 0 saturated carbocycles. The zero-order chi connectivity index (χ0) is 15.4. The van der Waals surface area contributed by atoms with Gasteiger partial charge in [0.05, 0.1) is 6.33 Å². The lowest BCUT2D eigenvalue weighted by Crippen LogP contribution is -2.34. The predicted octanol–water partition coefficient (Wildman–Crippen LogP) is 2.18. The van der Waals surface area contributed by atoms with Gasteiger partial charge in [-0.05, 0) is 18.6 Å². The zero-order valence-corrected chi connectivity index (χ0v) is 12.1. The van der Waals surface area contributed by atoms with Gasteiger partial charge in [-0.25, -0.2) is 15.0 Å². The number of amides is 1. The molecule has 1 aromatic carbocycles. The van der Waals surface area contributed by atoms with Crippen molar-refractivity contribution in [1.29, 1.82) is 0 Å². The summed E-state index contributed by atoms with van der Waals surface area (Å²) >= 11 is 0. The van der Waals surface area contributed by atoms with Crippen LogP contribution in [0.4, 0.5) is 11.5 Å². The fraction of sp³-hybridized carbons (Fsp3) is 0.200. The molecule has 1 atom stereocenters. The van der Waals surface area contributed by atoms with Crippen molar-refractivity contribution in [2.24, 2.45) is 0 Å². The molecule has 3 aromatic rings. The van der Waals surface area contributed by atoms with Gasteiger partial charge in [-0.15, -0.1) is 0 Å². The van der Waals surface area contributed by atoms with E-state index in [2.05, 4.69) is 30.6 Å². The monoisotopic (exact) mass is 296 g/mol. The minimum Gasteiger partial charge on any atom is -0.356 e. The number of fused-ring (bicyclic) bond motifs is 1. The molecule has 112 valence electrons. The van der Waals surface area contributed by atoms with Gasteiger partial charge in [-0.2, -0.15) is 0 Å². The molecule has 0 aliphatic carbocycles. The second-order valence-electron chi connectivity index (χ2n) is 4.78. The summed E-state index contributed by atoms with van der Waals surface area (Å²) in [6.07, 6.45) is 3.60. The van der Waals surface area contributed by atoms with Crippen molar-refractivity contribution < 1.29 is 4.79 Å². The number of aromatic nitrogens is 4. The van der Waals surface area contributed by atoms with Crippen LogP contribution in [0.2, 0.25) is 0 Å². The molecule has 22 heavy (non-hydrogen) atoms. The molecule has 3 N–H and O–H groups in total. The molecule has 2 heterocycles. The number of nitrogens with zero attached hydrogens (tertiary/aromatic N) is 3. The number of imidazole rings is 1. The fourth-order valence-electron chi connectivity index (χ4n) is 2.14. The third kappa shape index (κ3) is 2.88. The first kappa shape index (κ1) is 14.0. The second kappa shape index (κ2) is 6.21. The molecule has 3 rings (SSSR count). The van der Waals surface area contributed by atoms with Crippen LogP contribution < -0.4 is 10.6 Å². The van der Waals surface area contributed by atoms with E-state index in [9.17, 15) is 4.79 Å². The van der Waals surface area contributed by atoms with Crippen LogP contribution in [0.1, 0.15) is 13.3 Å². The minimum absolute atomic E-state index is 0.111. The highest BCUT2D eigenvalue weighted by Crippen LogP contribution is 2.17. The Morgan fingerprint density at radius 2 is 2.05 bits per heavy atom. The molecule has 0 fully saturated rings. The van der Waals surface area contributed by atoms with Gasteiger partial charge >= 0.3 is 0 Å². The Hall–Kier alpha value is -2.96. The number of hydrogen-bond donors (Lipinski definition) is 3. The summed E-state index contributed by atoms with van der Waals surface area (Å²) in [6.45, 7) is 1.94. The smallest absolute Gasteiger partial charge is 0.246 e. The number of aromatic amines is 1. The number of anilines is 2. The van der Waals surface area contributed by atoms with Crippen LogP contribution in [-0.4, -0.2) is 31.9 Å². The van der Waals surface area contributed by atoms with Gasteiger partial charge in [-0.3, -0.25) is 4.79 Å². The number of nitrogens with one attached hydrogen (secondary N) is 3. The largest absolute Gasteiger partial charge is 0.356 e. The Bertz CT molecular complexity index is 770. The van der Waals surface area contributed by atoms with Gasteiger partial charge in [0.2, 0.25) is 5.91 Å². The van der Waals surface area contributed by atoms with Crippen molar-refractivity contribution in [3.63, 3.8) is 0 Å². The normalized spacial score (nSPS) is 12.0. The van der Waals surface area contributed by atoms with Crippen LogP contribution in [0.5, 0.6) is 0 Å². The van der Waals surface area contributed by atoms with Crippen LogP contribution in [0, 0.1) is 0 Å². The average molecular weight is 296 g/mol. The number of carbonyl (C=O) groups excluding carboxylic acids is 1. The van der Waals surface area contributed by atoms with Crippen molar-refractivity contribution in [3.8, 4) is 0 Å². The summed E-state index contributed by atoms with van der Waals surface area (Å²) in [4.78, 5) is 27.7. The van der Waals surface area contributed by atoms with E-state index in [0.29, 0.717) is 23.4 Å². The second-order valence-corrected chi connectivity index (χ2v) is 4.78. The Morgan fingerprint density at radius 1 is 1.23 bits per heavy atom. The SMILES string of the molecule is CCC(Nc1ncnc2nc[nH]c12)C(=O)Nc1ccccc1. The molecule has 0 bridgehead atoms. The molecule has 7 nitrogen and oxygen atoms in total. The summed E-state index contributed by atoms with van der Waals surface area (Å²) < 4.78 is 0. The van der Waals surface area contributed by atoms with E-state index in [-0.39, 0.29) is 5.91 Å². The summed E-state index contributed by atoms with van der Waals surface area (Å²) in [5.74, 6) is 0.456. The summed E-state index contributed by atoms with van der Waals surface area (Å²) in [5.41, 5.74) is 2.02. The lowest BCUT2D eigenvalue weighted by atomic mass is 10.2.